The van der Waals surface area contributed by atoms with E-state index in [4.69, 9.17) is 23.2 Å². The summed E-state index contributed by atoms with van der Waals surface area (Å²) in [7, 11) is -4.43. The lowest BCUT2D eigenvalue weighted by molar-refractivity contribution is -0.384. The Morgan fingerprint density at radius 1 is 0.872 bits per heavy atom. The first-order valence-electron chi connectivity index (χ1n) is 14.7. The van der Waals surface area contributed by atoms with E-state index in [2.05, 4.69) is 5.32 Å². The van der Waals surface area contributed by atoms with Gasteiger partial charge >= 0.3 is 0 Å². The molecule has 47 heavy (non-hydrogen) atoms. The van der Waals surface area contributed by atoms with Crippen LogP contribution in [0.4, 0.5) is 11.4 Å². The summed E-state index contributed by atoms with van der Waals surface area (Å²) in [6, 6.07) is 25.3. The number of nitrogens with one attached hydrogen (secondary N) is 1. The van der Waals surface area contributed by atoms with E-state index in [1.807, 2.05) is 44.2 Å². The van der Waals surface area contributed by atoms with Crippen LogP contribution in [-0.4, -0.2) is 49.2 Å². The third kappa shape index (κ3) is 9.09. The second-order valence-electron chi connectivity index (χ2n) is 11.2. The van der Waals surface area contributed by atoms with Crippen LogP contribution in [0.1, 0.15) is 25.0 Å². The minimum absolute atomic E-state index is 0.0980. The molecule has 4 aromatic carbocycles. The van der Waals surface area contributed by atoms with Crippen LogP contribution in [-0.2, 0) is 32.6 Å². The minimum Gasteiger partial charge on any atom is -0.354 e. The molecular formula is C34H34Cl2N4O6S. The van der Waals surface area contributed by atoms with Gasteiger partial charge in [-0.3, -0.25) is 24.0 Å². The highest BCUT2D eigenvalue weighted by Crippen LogP contribution is 2.30. The van der Waals surface area contributed by atoms with Crippen LogP contribution in [0, 0.1) is 16.0 Å². The molecule has 0 aliphatic carbocycles. The number of halogens is 2. The minimum atomic E-state index is -4.43. The zero-order chi connectivity index (χ0) is 34.1. The number of carbonyl (C=O) groups is 2. The highest BCUT2D eigenvalue weighted by Gasteiger charge is 2.35. The lowest BCUT2D eigenvalue weighted by Crippen LogP contribution is -2.53. The van der Waals surface area contributed by atoms with E-state index in [9.17, 15) is 28.1 Å². The molecule has 0 aliphatic rings. The second kappa shape index (κ2) is 15.9. The fourth-order valence-electron chi connectivity index (χ4n) is 4.84. The van der Waals surface area contributed by atoms with Crippen molar-refractivity contribution in [3.63, 3.8) is 0 Å². The molecule has 0 bridgehead atoms. The molecule has 0 unspecified atom stereocenters. The van der Waals surface area contributed by atoms with Gasteiger partial charge in [-0.15, -0.1) is 0 Å². The normalized spacial score (nSPS) is 11.9. The summed E-state index contributed by atoms with van der Waals surface area (Å²) < 4.78 is 29.0. The number of carbonyl (C=O) groups excluding carboxylic acids is 2. The van der Waals surface area contributed by atoms with Crippen molar-refractivity contribution in [3.05, 3.63) is 134 Å². The molecule has 13 heteroatoms. The van der Waals surface area contributed by atoms with Gasteiger partial charge in [-0.2, -0.15) is 0 Å². The number of non-ortho nitro benzene ring substituents is 1. The van der Waals surface area contributed by atoms with E-state index in [-0.39, 0.29) is 45.2 Å². The van der Waals surface area contributed by atoms with Gasteiger partial charge in [-0.05, 0) is 41.8 Å². The third-order valence-electron chi connectivity index (χ3n) is 7.28. The summed E-state index contributed by atoms with van der Waals surface area (Å²) >= 11 is 13.1. The zero-order valence-corrected chi connectivity index (χ0v) is 28.1. The van der Waals surface area contributed by atoms with Gasteiger partial charge in [0.05, 0.1) is 15.5 Å². The zero-order valence-electron chi connectivity index (χ0n) is 25.8. The second-order valence-corrected chi connectivity index (χ2v) is 13.8. The maximum atomic E-state index is 14.5. The van der Waals surface area contributed by atoms with E-state index in [1.54, 1.807) is 24.3 Å². The first kappa shape index (κ1) is 35.4. The molecule has 10 nitrogen and oxygen atoms in total. The summed E-state index contributed by atoms with van der Waals surface area (Å²) in [6.07, 6.45) is 0.0980. The molecule has 0 saturated heterocycles. The quantitative estimate of drug-likeness (QED) is 0.118. The predicted octanol–water partition coefficient (Wildman–Crippen LogP) is 6.51. The largest absolute Gasteiger partial charge is 0.354 e. The number of hydrogen-bond donors (Lipinski definition) is 1. The molecule has 0 radical (unpaired) electrons. The summed E-state index contributed by atoms with van der Waals surface area (Å²) in [5.74, 6) is -1.10. The number of amides is 2. The van der Waals surface area contributed by atoms with Crippen molar-refractivity contribution in [3.8, 4) is 0 Å². The Labute approximate surface area is 284 Å². The van der Waals surface area contributed by atoms with Crippen molar-refractivity contribution < 1.29 is 22.9 Å². The molecule has 4 aromatic rings. The molecule has 0 aliphatic heterocycles. The van der Waals surface area contributed by atoms with Crippen molar-refractivity contribution in [1.29, 1.82) is 0 Å². The maximum Gasteiger partial charge on any atom is 0.271 e. The van der Waals surface area contributed by atoms with Gasteiger partial charge in [0.25, 0.3) is 15.7 Å². The van der Waals surface area contributed by atoms with Crippen LogP contribution in [0.25, 0.3) is 0 Å². The van der Waals surface area contributed by atoms with Gasteiger partial charge in [0.15, 0.2) is 0 Å². The number of hydrogen-bond acceptors (Lipinski definition) is 6. The molecular weight excluding hydrogens is 663 g/mol. The van der Waals surface area contributed by atoms with Crippen LogP contribution >= 0.6 is 23.2 Å². The molecule has 246 valence electrons. The Hall–Kier alpha value is -4.45. The lowest BCUT2D eigenvalue weighted by Gasteiger charge is -2.34. The average molecular weight is 698 g/mol. The number of nitro groups is 1. The molecule has 4 rings (SSSR count). The van der Waals surface area contributed by atoms with Gasteiger partial charge in [-0.25, -0.2) is 8.42 Å². The molecule has 0 heterocycles. The Morgan fingerprint density at radius 2 is 1.47 bits per heavy atom. The van der Waals surface area contributed by atoms with Crippen molar-refractivity contribution in [2.75, 3.05) is 17.4 Å². The number of nitrogens with zero attached hydrogens (tertiary/aromatic N) is 3. The fourth-order valence-corrected chi connectivity index (χ4v) is 6.78. The third-order valence-corrected chi connectivity index (χ3v) is 9.78. The standard InChI is InChI=1S/C34H34Cl2N4O6S/c1-24(2)21-37-34(42)32(19-25-11-5-3-6-12-25)38(22-29-30(35)17-10-18-31(29)36)33(41)23-39(26-13-9-14-27(20-26)40(43)44)47(45,46)28-15-7-4-8-16-28/h3-18,20,24,32H,19,21-23H2,1-2H3,(H,37,42)/t32-/m0/s1. The Bertz CT molecular complexity index is 1800. The van der Waals surface area contributed by atoms with Crippen molar-refractivity contribution in [2.24, 2.45) is 5.92 Å². The topological polar surface area (TPSA) is 130 Å². The van der Waals surface area contributed by atoms with E-state index in [0.29, 0.717) is 12.1 Å². The van der Waals surface area contributed by atoms with Gasteiger partial charge in [0.1, 0.15) is 12.6 Å². The van der Waals surface area contributed by atoms with Crippen molar-refractivity contribution in [1.82, 2.24) is 10.2 Å². The van der Waals surface area contributed by atoms with Gasteiger partial charge in [-0.1, -0.05) is 97.7 Å². The van der Waals surface area contributed by atoms with Gasteiger partial charge in [0.2, 0.25) is 11.8 Å². The molecule has 1 atom stereocenters. The summed E-state index contributed by atoms with van der Waals surface area (Å²) in [4.78, 5) is 40.5. The summed E-state index contributed by atoms with van der Waals surface area (Å²) in [6.45, 7) is 3.19. The van der Waals surface area contributed by atoms with Crippen LogP contribution in [0.3, 0.4) is 0 Å². The van der Waals surface area contributed by atoms with Crippen molar-refractivity contribution in [2.45, 2.75) is 37.8 Å². The monoisotopic (exact) mass is 696 g/mol. The summed E-state index contributed by atoms with van der Waals surface area (Å²) in [5, 5.41) is 15.0. The first-order valence-corrected chi connectivity index (χ1v) is 16.9. The van der Waals surface area contributed by atoms with E-state index in [0.717, 1.165) is 15.9 Å². The summed E-state index contributed by atoms with van der Waals surface area (Å²) in [5.41, 5.74) is 0.661. The maximum absolute atomic E-state index is 14.5. The SMILES string of the molecule is CC(C)CNC(=O)[C@H](Cc1ccccc1)N(Cc1c(Cl)cccc1Cl)C(=O)CN(c1cccc([N+](=O)[O-])c1)S(=O)(=O)c1ccccc1. The van der Waals surface area contributed by atoms with Crippen LogP contribution < -0.4 is 9.62 Å². The van der Waals surface area contributed by atoms with Crippen LogP contribution in [0.15, 0.2) is 108 Å². The van der Waals surface area contributed by atoms with E-state index in [1.165, 1.54) is 47.4 Å². The fraction of sp³-hybridized carbons (Fsp3) is 0.235. The van der Waals surface area contributed by atoms with Crippen LogP contribution in [0.2, 0.25) is 10.0 Å². The molecule has 0 saturated carbocycles. The smallest absolute Gasteiger partial charge is 0.271 e. The van der Waals surface area contributed by atoms with Crippen molar-refractivity contribution >= 4 is 56.4 Å². The molecule has 1 N–H and O–H groups in total. The Kier molecular flexibility index (Phi) is 12.0. The lowest BCUT2D eigenvalue weighted by atomic mass is 10.0. The number of nitro benzene ring substituents is 1. The Balaban J connectivity index is 1.85. The van der Waals surface area contributed by atoms with E-state index >= 15 is 0 Å². The molecule has 0 aromatic heterocycles. The Morgan fingerprint density at radius 3 is 2.06 bits per heavy atom. The van der Waals surface area contributed by atoms with E-state index < -0.39 is 39.3 Å². The number of anilines is 1. The highest BCUT2D eigenvalue weighted by atomic mass is 35.5. The van der Waals surface area contributed by atoms with Gasteiger partial charge < -0.3 is 10.2 Å². The molecule has 0 fully saturated rings. The molecule has 0 spiro atoms. The van der Waals surface area contributed by atoms with Gasteiger partial charge in [0, 0.05) is 47.3 Å². The highest BCUT2D eigenvalue weighted by molar-refractivity contribution is 7.92. The number of sulfonamides is 1. The first-order chi connectivity index (χ1) is 22.4. The number of rotatable bonds is 14. The van der Waals surface area contributed by atoms with Crippen LogP contribution in [0.5, 0.6) is 0 Å². The molecule has 2 amide bonds. The average Bonchev–Trinajstić information content (AvgIpc) is 3.06. The predicted molar refractivity (Wildman–Crippen MR) is 183 cm³/mol. The number of benzene rings is 4.